The Morgan fingerprint density at radius 3 is 2.58 bits per heavy atom. The predicted molar refractivity (Wildman–Crippen MR) is 141 cm³/mol. The lowest BCUT2D eigenvalue weighted by Crippen LogP contribution is -2.16. The Bertz CT molecular complexity index is 1650. The van der Waals surface area contributed by atoms with Gasteiger partial charge >= 0.3 is 0 Å². The molecule has 0 spiro atoms. The number of ether oxygens (including phenoxy) is 1. The zero-order valence-electron chi connectivity index (χ0n) is 20.0. The Morgan fingerprint density at radius 2 is 1.87 bits per heavy atom. The molecular weight excluding hydrogens is 512 g/mol. The summed E-state index contributed by atoms with van der Waals surface area (Å²) in [6, 6.07) is 20.6. The molecule has 10 heteroatoms. The van der Waals surface area contributed by atoms with Gasteiger partial charge in [-0.15, -0.1) is 11.3 Å². The number of primary amides is 1. The molecule has 2 amide bonds. The molecule has 0 atom stereocenters. The Balaban J connectivity index is 1.49. The second kappa shape index (κ2) is 10.4. The van der Waals surface area contributed by atoms with Gasteiger partial charge in [0.2, 0.25) is 0 Å². The molecule has 3 N–H and O–H groups in total. The average molecular weight is 534 g/mol. The number of anilines is 1. The molecule has 0 saturated carbocycles. The molecule has 0 aliphatic heterocycles. The van der Waals surface area contributed by atoms with Gasteiger partial charge in [-0.05, 0) is 53.9 Å². The van der Waals surface area contributed by atoms with E-state index in [0.29, 0.717) is 28.0 Å². The highest BCUT2D eigenvalue weighted by Crippen LogP contribution is 2.42. The smallest absolute Gasteiger partial charge is 0.291 e. The highest BCUT2D eigenvalue weighted by Gasteiger charge is 2.26. The van der Waals surface area contributed by atoms with Crippen LogP contribution in [0.25, 0.3) is 21.3 Å². The number of furan rings is 1. The SMILES string of the molecule is Cc1cccc(OCc2ccc(C(=O)Nc3c(C(N)=O)sc4nc(C(F)F)cc(-c5ccccc5)c34)o2)c1. The second-order valence-electron chi connectivity index (χ2n) is 8.44. The summed E-state index contributed by atoms with van der Waals surface area (Å²) in [7, 11) is 0. The quantitative estimate of drug-likeness (QED) is 0.230. The lowest BCUT2D eigenvalue weighted by Gasteiger charge is -2.10. The van der Waals surface area contributed by atoms with E-state index in [-0.39, 0.29) is 27.8 Å². The number of nitrogens with zero attached hydrogens (tertiary/aromatic N) is 1. The molecular formula is C28H21F2N3O4S. The van der Waals surface area contributed by atoms with Crippen LogP contribution in [-0.2, 0) is 6.61 Å². The first-order valence-electron chi connectivity index (χ1n) is 11.5. The number of halogens is 2. The summed E-state index contributed by atoms with van der Waals surface area (Å²) in [5, 5.41) is 3.03. The standard InChI is InChI=1S/C28H21F2N3O4S/c1-15-6-5-9-17(12-15)36-14-18-10-11-21(37-18)27(35)33-23-22-19(16-7-3-2-4-8-16)13-20(25(29)30)32-28(22)38-24(23)26(31)34/h2-13,25H,14H2,1H3,(H2,31,34)(H,33,35). The number of thiophene rings is 1. The van der Waals surface area contributed by atoms with Crippen molar-refractivity contribution in [3.8, 4) is 16.9 Å². The summed E-state index contributed by atoms with van der Waals surface area (Å²) >= 11 is 0.837. The van der Waals surface area contributed by atoms with Gasteiger partial charge in [-0.3, -0.25) is 9.59 Å². The van der Waals surface area contributed by atoms with Crippen LogP contribution >= 0.6 is 11.3 Å². The number of benzene rings is 2. The van der Waals surface area contributed by atoms with E-state index in [9.17, 15) is 18.4 Å². The van der Waals surface area contributed by atoms with E-state index >= 15 is 0 Å². The van der Waals surface area contributed by atoms with Gasteiger partial charge in [0.25, 0.3) is 18.2 Å². The fourth-order valence-corrected chi connectivity index (χ4v) is 4.99. The van der Waals surface area contributed by atoms with Gasteiger partial charge < -0.3 is 20.2 Å². The Labute approximate surface area is 219 Å². The first kappa shape index (κ1) is 25.1. The first-order chi connectivity index (χ1) is 18.3. The largest absolute Gasteiger partial charge is 0.486 e. The lowest BCUT2D eigenvalue weighted by atomic mass is 10.0. The number of aryl methyl sites for hydroxylation is 1. The number of fused-ring (bicyclic) bond motifs is 1. The topological polar surface area (TPSA) is 107 Å². The summed E-state index contributed by atoms with van der Waals surface area (Å²) in [6.45, 7) is 2.05. The van der Waals surface area contributed by atoms with Crippen molar-refractivity contribution in [2.75, 3.05) is 5.32 Å². The molecule has 5 rings (SSSR count). The third kappa shape index (κ3) is 5.12. The number of rotatable bonds is 8. The monoisotopic (exact) mass is 533 g/mol. The Morgan fingerprint density at radius 1 is 1.08 bits per heavy atom. The summed E-state index contributed by atoms with van der Waals surface area (Å²) in [6.07, 6.45) is -2.83. The third-order valence-electron chi connectivity index (χ3n) is 5.71. The highest BCUT2D eigenvalue weighted by atomic mass is 32.1. The predicted octanol–water partition coefficient (Wildman–Crippen LogP) is 6.73. The molecule has 0 aliphatic rings. The fourth-order valence-electron chi connectivity index (χ4n) is 3.98. The van der Waals surface area contributed by atoms with Crippen LogP contribution in [0.2, 0.25) is 0 Å². The maximum atomic E-state index is 13.6. The van der Waals surface area contributed by atoms with Crippen molar-refractivity contribution in [3.05, 3.63) is 100 Å². The molecule has 0 saturated heterocycles. The van der Waals surface area contributed by atoms with Gasteiger partial charge in [0.05, 0.1) is 5.69 Å². The van der Waals surface area contributed by atoms with Gasteiger partial charge in [-0.25, -0.2) is 13.8 Å². The van der Waals surface area contributed by atoms with Crippen LogP contribution < -0.4 is 15.8 Å². The van der Waals surface area contributed by atoms with Gasteiger partial charge in [0.1, 0.15) is 33.5 Å². The number of carbonyl (C=O) groups is 2. The van der Waals surface area contributed by atoms with Crippen molar-refractivity contribution < 1.29 is 27.5 Å². The number of alkyl halides is 2. The van der Waals surface area contributed by atoms with Crippen LogP contribution in [0.5, 0.6) is 5.75 Å². The number of amides is 2. The first-order valence-corrected chi connectivity index (χ1v) is 12.3. The number of carbonyl (C=O) groups excluding carboxylic acids is 2. The number of nitrogens with one attached hydrogen (secondary N) is 1. The van der Waals surface area contributed by atoms with Gasteiger partial charge in [-0.2, -0.15) is 0 Å². The van der Waals surface area contributed by atoms with Crippen molar-refractivity contribution in [3.63, 3.8) is 0 Å². The number of hydrogen-bond acceptors (Lipinski definition) is 6. The molecule has 0 fully saturated rings. The van der Waals surface area contributed by atoms with E-state index in [0.717, 1.165) is 16.9 Å². The van der Waals surface area contributed by atoms with E-state index in [1.165, 1.54) is 12.1 Å². The zero-order valence-corrected chi connectivity index (χ0v) is 20.9. The van der Waals surface area contributed by atoms with E-state index in [1.807, 2.05) is 31.2 Å². The van der Waals surface area contributed by atoms with Crippen molar-refractivity contribution in [2.45, 2.75) is 20.0 Å². The lowest BCUT2D eigenvalue weighted by molar-refractivity contribution is 0.0992. The second-order valence-corrected chi connectivity index (χ2v) is 9.44. The van der Waals surface area contributed by atoms with Crippen molar-refractivity contribution in [2.24, 2.45) is 5.73 Å². The number of aromatic nitrogens is 1. The summed E-state index contributed by atoms with van der Waals surface area (Å²) in [5.74, 6) is -0.429. The minimum absolute atomic E-state index is 0.0148. The summed E-state index contributed by atoms with van der Waals surface area (Å²) in [4.78, 5) is 29.6. The molecule has 38 heavy (non-hydrogen) atoms. The Hall–Kier alpha value is -4.57. The van der Waals surface area contributed by atoms with Crippen molar-refractivity contribution in [1.82, 2.24) is 4.98 Å². The summed E-state index contributed by atoms with van der Waals surface area (Å²) < 4.78 is 38.7. The molecule has 192 valence electrons. The Kier molecular flexibility index (Phi) is 6.89. The van der Waals surface area contributed by atoms with Crippen LogP contribution in [0.1, 0.15) is 43.7 Å². The molecule has 0 unspecified atom stereocenters. The van der Waals surface area contributed by atoms with Gasteiger partial charge in [-0.1, -0.05) is 42.5 Å². The minimum Gasteiger partial charge on any atom is -0.486 e. The van der Waals surface area contributed by atoms with E-state index in [1.54, 1.807) is 36.4 Å². The number of nitrogens with two attached hydrogens (primary N) is 1. The maximum absolute atomic E-state index is 13.6. The summed E-state index contributed by atoms with van der Waals surface area (Å²) in [5.41, 5.74) is 7.27. The van der Waals surface area contributed by atoms with E-state index in [2.05, 4.69) is 10.3 Å². The average Bonchev–Trinajstić information content (AvgIpc) is 3.53. The maximum Gasteiger partial charge on any atom is 0.291 e. The fraction of sp³-hybridized carbons (Fsp3) is 0.107. The molecule has 0 aliphatic carbocycles. The molecule has 0 bridgehead atoms. The molecule has 3 heterocycles. The third-order valence-corrected chi connectivity index (χ3v) is 6.81. The zero-order chi connectivity index (χ0) is 26.8. The molecule has 7 nitrogen and oxygen atoms in total. The minimum atomic E-state index is -2.83. The molecule has 5 aromatic rings. The highest BCUT2D eigenvalue weighted by molar-refractivity contribution is 7.21. The van der Waals surface area contributed by atoms with E-state index in [4.69, 9.17) is 14.9 Å². The van der Waals surface area contributed by atoms with Gasteiger partial charge in [0, 0.05) is 5.39 Å². The van der Waals surface area contributed by atoms with Gasteiger partial charge in [0.15, 0.2) is 5.76 Å². The van der Waals surface area contributed by atoms with Crippen LogP contribution in [0, 0.1) is 6.92 Å². The molecule has 3 aromatic heterocycles. The number of hydrogen-bond donors (Lipinski definition) is 2. The molecule has 2 aromatic carbocycles. The van der Waals surface area contributed by atoms with Crippen LogP contribution in [0.3, 0.4) is 0 Å². The molecule has 0 radical (unpaired) electrons. The van der Waals surface area contributed by atoms with Crippen molar-refractivity contribution in [1.29, 1.82) is 0 Å². The van der Waals surface area contributed by atoms with Crippen LogP contribution in [0.15, 0.2) is 77.2 Å². The van der Waals surface area contributed by atoms with E-state index < -0.39 is 23.9 Å². The van der Waals surface area contributed by atoms with Crippen LogP contribution in [-0.4, -0.2) is 16.8 Å². The number of pyridine rings is 1. The van der Waals surface area contributed by atoms with Crippen LogP contribution in [0.4, 0.5) is 14.5 Å². The normalized spacial score (nSPS) is 11.2. The van der Waals surface area contributed by atoms with Crippen molar-refractivity contribution >= 4 is 39.1 Å².